The lowest BCUT2D eigenvalue weighted by Gasteiger charge is -2.33. The molecule has 0 radical (unpaired) electrons. The average molecular weight is 204 g/mol. The molecule has 2 rings (SSSR count). The van der Waals surface area contributed by atoms with Crippen LogP contribution in [0, 0.1) is 0 Å². The molecule has 0 amide bonds. The smallest absolute Gasteiger partial charge is 0.124 e. The summed E-state index contributed by atoms with van der Waals surface area (Å²) >= 11 is 0. The van der Waals surface area contributed by atoms with E-state index in [4.69, 9.17) is 9.47 Å². The SMILES string of the molecule is C=C[C@@]1(C)CCc2cc(OC)ccc2O1. The molecule has 0 saturated carbocycles. The van der Waals surface area contributed by atoms with Crippen molar-refractivity contribution in [3.8, 4) is 11.5 Å². The largest absolute Gasteiger partial charge is 0.497 e. The summed E-state index contributed by atoms with van der Waals surface area (Å²) in [4.78, 5) is 0. The molecule has 0 aromatic heterocycles. The van der Waals surface area contributed by atoms with Gasteiger partial charge in [-0.3, -0.25) is 0 Å². The minimum atomic E-state index is -0.221. The van der Waals surface area contributed by atoms with Gasteiger partial charge in [-0.05, 0) is 49.6 Å². The first-order valence-electron chi connectivity index (χ1n) is 5.16. The molecule has 1 aromatic rings. The average Bonchev–Trinajstić information content (AvgIpc) is 2.28. The highest BCUT2D eigenvalue weighted by Crippen LogP contribution is 2.35. The van der Waals surface area contributed by atoms with E-state index in [2.05, 4.69) is 13.5 Å². The van der Waals surface area contributed by atoms with Crippen LogP contribution in [0.1, 0.15) is 18.9 Å². The molecule has 80 valence electrons. The van der Waals surface area contributed by atoms with Gasteiger partial charge in [-0.2, -0.15) is 0 Å². The van der Waals surface area contributed by atoms with Crippen molar-refractivity contribution in [2.24, 2.45) is 0 Å². The highest BCUT2D eigenvalue weighted by molar-refractivity contribution is 5.42. The van der Waals surface area contributed by atoms with Crippen LogP contribution in [-0.2, 0) is 6.42 Å². The Morgan fingerprint density at radius 3 is 3.00 bits per heavy atom. The summed E-state index contributed by atoms with van der Waals surface area (Å²) in [5.41, 5.74) is 0.996. The van der Waals surface area contributed by atoms with Crippen molar-refractivity contribution in [2.75, 3.05) is 7.11 Å². The van der Waals surface area contributed by atoms with Gasteiger partial charge in [-0.25, -0.2) is 0 Å². The summed E-state index contributed by atoms with van der Waals surface area (Å²) in [6, 6.07) is 5.93. The number of hydrogen-bond acceptors (Lipinski definition) is 2. The first-order valence-corrected chi connectivity index (χ1v) is 5.16. The summed E-state index contributed by atoms with van der Waals surface area (Å²) in [6.45, 7) is 5.88. The Hall–Kier alpha value is -1.44. The third-order valence-corrected chi connectivity index (χ3v) is 2.93. The molecule has 0 aliphatic carbocycles. The van der Waals surface area contributed by atoms with Gasteiger partial charge in [0.15, 0.2) is 0 Å². The van der Waals surface area contributed by atoms with Crippen LogP contribution >= 0.6 is 0 Å². The number of fused-ring (bicyclic) bond motifs is 1. The van der Waals surface area contributed by atoms with E-state index < -0.39 is 0 Å². The molecule has 0 saturated heterocycles. The van der Waals surface area contributed by atoms with E-state index in [-0.39, 0.29) is 5.60 Å². The molecule has 1 aromatic carbocycles. The first kappa shape index (κ1) is 10.1. The van der Waals surface area contributed by atoms with Gasteiger partial charge >= 0.3 is 0 Å². The maximum absolute atomic E-state index is 5.89. The van der Waals surface area contributed by atoms with Crippen LogP contribution in [0.25, 0.3) is 0 Å². The second-order valence-electron chi connectivity index (χ2n) is 4.09. The molecule has 1 heterocycles. The number of hydrogen-bond donors (Lipinski definition) is 0. The summed E-state index contributed by atoms with van der Waals surface area (Å²) < 4.78 is 11.1. The lowest BCUT2D eigenvalue weighted by molar-refractivity contribution is 0.114. The number of ether oxygens (including phenoxy) is 2. The first-order chi connectivity index (χ1) is 7.17. The monoisotopic (exact) mass is 204 g/mol. The Bertz CT molecular complexity index is 384. The zero-order valence-electron chi connectivity index (χ0n) is 9.25. The maximum atomic E-state index is 5.89. The van der Waals surface area contributed by atoms with Crippen LogP contribution in [-0.4, -0.2) is 12.7 Å². The van der Waals surface area contributed by atoms with Gasteiger partial charge < -0.3 is 9.47 Å². The Morgan fingerprint density at radius 2 is 2.33 bits per heavy atom. The Balaban J connectivity index is 2.32. The zero-order valence-corrected chi connectivity index (χ0v) is 9.25. The van der Waals surface area contributed by atoms with Gasteiger partial charge in [0, 0.05) is 0 Å². The fraction of sp³-hybridized carbons (Fsp3) is 0.385. The van der Waals surface area contributed by atoms with E-state index in [0.29, 0.717) is 0 Å². The summed E-state index contributed by atoms with van der Waals surface area (Å²) in [5, 5.41) is 0. The number of aryl methyl sites for hydroxylation is 1. The van der Waals surface area contributed by atoms with Crippen LogP contribution in [0.5, 0.6) is 11.5 Å². The van der Waals surface area contributed by atoms with Crippen LogP contribution < -0.4 is 9.47 Å². The number of methoxy groups -OCH3 is 1. The van der Waals surface area contributed by atoms with Crippen LogP contribution in [0.3, 0.4) is 0 Å². The second kappa shape index (κ2) is 3.61. The molecule has 0 N–H and O–H groups in total. The van der Waals surface area contributed by atoms with Crippen molar-refractivity contribution in [2.45, 2.75) is 25.4 Å². The standard InChI is InChI=1S/C13H16O2/c1-4-13(2)8-7-10-9-11(14-3)5-6-12(10)15-13/h4-6,9H,1,7-8H2,2-3H3/t13-/m0/s1. The van der Waals surface area contributed by atoms with E-state index in [1.165, 1.54) is 5.56 Å². The Labute approximate surface area is 90.5 Å². The normalized spacial score (nSPS) is 23.9. The minimum Gasteiger partial charge on any atom is -0.497 e. The van der Waals surface area contributed by atoms with Gasteiger partial charge in [-0.1, -0.05) is 6.58 Å². The molecular weight excluding hydrogens is 188 g/mol. The minimum absolute atomic E-state index is 0.221. The highest BCUT2D eigenvalue weighted by atomic mass is 16.5. The predicted octanol–water partition coefficient (Wildman–Crippen LogP) is 2.96. The van der Waals surface area contributed by atoms with E-state index in [1.54, 1.807) is 7.11 Å². The molecule has 0 unspecified atom stereocenters. The van der Waals surface area contributed by atoms with Gasteiger partial charge in [0.25, 0.3) is 0 Å². The molecule has 0 spiro atoms. The Kier molecular flexibility index (Phi) is 2.43. The lowest BCUT2D eigenvalue weighted by Crippen LogP contribution is -2.33. The molecule has 15 heavy (non-hydrogen) atoms. The van der Waals surface area contributed by atoms with Crippen molar-refractivity contribution in [3.63, 3.8) is 0 Å². The topological polar surface area (TPSA) is 18.5 Å². The molecular formula is C13H16O2. The molecule has 1 aliphatic heterocycles. The van der Waals surface area contributed by atoms with Gasteiger partial charge in [0.2, 0.25) is 0 Å². The van der Waals surface area contributed by atoms with Crippen LogP contribution in [0.4, 0.5) is 0 Å². The molecule has 0 fully saturated rings. The van der Waals surface area contributed by atoms with Crippen molar-refractivity contribution in [1.29, 1.82) is 0 Å². The van der Waals surface area contributed by atoms with Gasteiger partial charge in [0.05, 0.1) is 7.11 Å². The fourth-order valence-electron chi connectivity index (χ4n) is 1.81. The molecule has 1 atom stereocenters. The molecule has 0 bridgehead atoms. The molecule has 2 nitrogen and oxygen atoms in total. The summed E-state index contributed by atoms with van der Waals surface area (Å²) in [5.74, 6) is 1.84. The van der Waals surface area contributed by atoms with Crippen molar-refractivity contribution >= 4 is 0 Å². The third kappa shape index (κ3) is 1.84. The van der Waals surface area contributed by atoms with E-state index in [1.807, 2.05) is 24.3 Å². The molecule has 1 aliphatic rings. The van der Waals surface area contributed by atoms with Crippen molar-refractivity contribution in [1.82, 2.24) is 0 Å². The fourth-order valence-corrected chi connectivity index (χ4v) is 1.81. The van der Waals surface area contributed by atoms with Gasteiger partial charge in [0.1, 0.15) is 17.1 Å². The Morgan fingerprint density at radius 1 is 1.53 bits per heavy atom. The lowest BCUT2D eigenvalue weighted by atomic mass is 9.93. The number of rotatable bonds is 2. The quantitative estimate of drug-likeness (QED) is 0.689. The maximum Gasteiger partial charge on any atom is 0.124 e. The summed E-state index contributed by atoms with van der Waals surface area (Å²) in [6.07, 6.45) is 3.85. The van der Waals surface area contributed by atoms with Crippen LogP contribution in [0.2, 0.25) is 0 Å². The third-order valence-electron chi connectivity index (χ3n) is 2.93. The second-order valence-corrected chi connectivity index (χ2v) is 4.09. The van der Waals surface area contributed by atoms with E-state index in [9.17, 15) is 0 Å². The van der Waals surface area contributed by atoms with Gasteiger partial charge in [-0.15, -0.1) is 0 Å². The van der Waals surface area contributed by atoms with Crippen LogP contribution in [0.15, 0.2) is 30.9 Å². The number of benzene rings is 1. The van der Waals surface area contributed by atoms with Crippen molar-refractivity contribution in [3.05, 3.63) is 36.4 Å². The predicted molar refractivity (Wildman–Crippen MR) is 60.5 cm³/mol. The van der Waals surface area contributed by atoms with E-state index >= 15 is 0 Å². The van der Waals surface area contributed by atoms with E-state index in [0.717, 1.165) is 24.3 Å². The zero-order chi connectivity index (χ0) is 10.9. The molecule has 2 heteroatoms. The highest BCUT2D eigenvalue weighted by Gasteiger charge is 2.28. The summed E-state index contributed by atoms with van der Waals surface area (Å²) in [7, 11) is 1.68. The van der Waals surface area contributed by atoms with Crippen molar-refractivity contribution < 1.29 is 9.47 Å².